The minimum atomic E-state index is -1.88. The Morgan fingerprint density at radius 1 is 1.42 bits per heavy atom. The number of Topliss-reactive ketones (excluding diaryl/α,β-unsaturated/α-hetero) is 1. The molecule has 0 saturated heterocycles. The highest BCUT2D eigenvalue weighted by molar-refractivity contribution is 6.77. The number of hydrogen-bond acceptors (Lipinski definition) is 1. The lowest BCUT2D eigenvalue weighted by molar-refractivity contribution is 0.0992. The molecule has 0 amide bonds. The molecule has 0 fully saturated rings. The summed E-state index contributed by atoms with van der Waals surface area (Å²) in [5, 5.41) is 0. The number of H-pyrrole nitrogens is 1. The van der Waals surface area contributed by atoms with Crippen molar-refractivity contribution in [1.29, 1.82) is 0 Å². The summed E-state index contributed by atoms with van der Waals surface area (Å²) in [5.41, 5.74) is 1.17. The molecule has 2 nitrogen and oxygen atoms in total. The maximum atomic E-state index is 11.3. The van der Waals surface area contributed by atoms with Gasteiger partial charge in [0.1, 0.15) is 0 Å². The Morgan fingerprint density at radius 3 is 2.33 bits per heavy atom. The van der Waals surface area contributed by atoms with Gasteiger partial charge in [-0.05, 0) is 19.1 Å². The summed E-state index contributed by atoms with van der Waals surface area (Å²) in [6.07, 6.45) is 0. The molecule has 0 bridgehead atoms. The van der Waals surface area contributed by atoms with Crippen molar-refractivity contribution in [3.8, 4) is 0 Å². The zero-order valence-corrected chi connectivity index (χ0v) is 8.46. The Hall–Kier alpha value is -0.180. The normalized spacial score (nSPS) is 11.7. The van der Waals surface area contributed by atoms with Gasteiger partial charge in [-0.1, -0.05) is 34.8 Å². The summed E-state index contributed by atoms with van der Waals surface area (Å²) >= 11 is 16.2. The number of hydrogen-bond donors (Lipinski definition) is 1. The van der Waals surface area contributed by atoms with Crippen molar-refractivity contribution < 1.29 is 4.79 Å². The number of aromatic nitrogens is 1. The van der Waals surface area contributed by atoms with Crippen molar-refractivity contribution in [3.05, 3.63) is 23.5 Å². The van der Waals surface area contributed by atoms with Gasteiger partial charge in [0.2, 0.25) is 5.78 Å². The molecular formula is C7H6Cl3NO. The number of ketones is 1. The zero-order valence-electron chi connectivity index (χ0n) is 6.20. The third-order valence-electron chi connectivity index (χ3n) is 1.33. The van der Waals surface area contributed by atoms with Gasteiger partial charge in [0, 0.05) is 5.69 Å². The van der Waals surface area contributed by atoms with Gasteiger partial charge in [-0.2, -0.15) is 0 Å². The van der Waals surface area contributed by atoms with Gasteiger partial charge >= 0.3 is 0 Å². The Balaban J connectivity index is 2.93. The molecule has 1 aromatic heterocycles. The van der Waals surface area contributed by atoms with Crippen LogP contribution >= 0.6 is 34.8 Å². The van der Waals surface area contributed by atoms with E-state index < -0.39 is 9.58 Å². The molecule has 1 N–H and O–H groups in total. The van der Waals surface area contributed by atoms with Crippen LogP contribution in [0.3, 0.4) is 0 Å². The Labute approximate surface area is 84.8 Å². The highest BCUT2D eigenvalue weighted by Crippen LogP contribution is 2.29. The number of alkyl halides is 3. The molecule has 1 rings (SSSR count). The second-order valence-electron chi connectivity index (χ2n) is 2.38. The minimum absolute atomic E-state index is 0.313. The van der Waals surface area contributed by atoms with E-state index in [9.17, 15) is 4.79 Å². The fraction of sp³-hybridized carbons (Fsp3) is 0.286. The molecule has 5 heteroatoms. The van der Waals surface area contributed by atoms with Gasteiger partial charge in [-0.15, -0.1) is 0 Å². The van der Waals surface area contributed by atoms with E-state index in [0.29, 0.717) is 5.69 Å². The maximum absolute atomic E-state index is 11.3. The SMILES string of the molecule is Cc1ccc(C(=O)C(Cl)(Cl)Cl)[nH]1. The van der Waals surface area contributed by atoms with Crippen molar-refractivity contribution in [3.63, 3.8) is 0 Å². The number of carbonyl (C=O) groups excluding carboxylic acids is 1. The summed E-state index contributed by atoms with van der Waals surface area (Å²) < 4.78 is -1.88. The average molecular weight is 226 g/mol. The summed E-state index contributed by atoms with van der Waals surface area (Å²) in [6, 6.07) is 3.32. The quantitative estimate of drug-likeness (QED) is 0.580. The maximum Gasteiger partial charge on any atom is 0.254 e. The third-order valence-corrected chi connectivity index (χ3v) is 1.85. The van der Waals surface area contributed by atoms with E-state index in [-0.39, 0.29) is 0 Å². The molecule has 1 aromatic rings. The topological polar surface area (TPSA) is 32.9 Å². The van der Waals surface area contributed by atoms with Crippen LogP contribution in [0.25, 0.3) is 0 Å². The van der Waals surface area contributed by atoms with Crippen molar-refractivity contribution >= 4 is 40.6 Å². The molecule has 1 heterocycles. The first-order chi connectivity index (χ1) is 5.41. The lowest BCUT2D eigenvalue weighted by Crippen LogP contribution is -2.19. The van der Waals surface area contributed by atoms with E-state index in [0.717, 1.165) is 5.69 Å². The van der Waals surface area contributed by atoms with Gasteiger partial charge < -0.3 is 4.98 Å². The van der Waals surface area contributed by atoms with E-state index in [1.165, 1.54) is 0 Å². The van der Waals surface area contributed by atoms with E-state index in [2.05, 4.69) is 4.98 Å². The highest BCUT2D eigenvalue weighted by atomic mass is 35.6. The van der Waals surface area contributed by atoms with Crippen LogP contribution in [0.1, 0.15) is 16.2 Å². The predicted octanol–water partition coefficient (Wildman–Crippen LogP) is 2.88. The van der Waals surface area contributed by atoms with Gasteiger partial charge in [0.05, 0.1) is 5.69 Å². The van der Waals surface area contributed by atoms with Crippen LogP contribution in [0.5, 0.6) is 0 Å². The van der Waals surface area contributed by atoms with E-state index in [4.69, 9.17) is 34.8 Å². The molecular weight excluding hydrogens is 220 g/mol. The lowest BCUT2D eigenvalue weighted by Gasteiger charge is -2.06. The lowest BCUT2D eigenvalue weighted by atomic mass is 10.3. The second-order valence-corrected chi connectivity index (χ2v) is 4.66. The Bertz CT molecular complexity index is 300. The molecule has 0 saturated carbocycles. The molecule has 0 radical (unpaired) electrons. The summed E-state index contributed by atoms with van der Waals surface area (Å²) in [6.45, 7) is 1.81. The number of rotatable bonds is 1. The van der Waals surface area contributed by atoms with Crippen molar-refractivity contribution in [2.45, 2.75) is 10.7 Å². The molecule has 0 aliphatic carbocycles. The molecule has 0 aromatic carbocycles. The molecule has 0 unspecified atom stereocenters. The van der Waals surface area contributed by atoms with Crippen LogP contribution < -0.4 is 0 Å². The average Bonchev–Trinajstić information content (AvgIpc) is 2.32. The van der Waals surface area contributed by atoms with E-state index in [1.807, 2.05) is 6.92 Å². The van der Waals surface area contributed by atoms with Crippen LogP contribution in [0, 0.1) is 6.92 Å². The first kappa shape index (κ1) is 9.90. The third kappa shape index (κ3) is 2.16. The summed E-state index contributed by atoms with van der Waals surface area (Å²) in [4.78, 5) is 14.0. The molecule has 12 heavy (non-hydrogen) atoms. The first-order valence-electron chi connectivity index (χ1n) is 3.18. The second kappa shape index (κ2) is 3.29. The summed E-state index contributed by atoms with van der Waals surface area (Å²) in [5.74, 6) is -0.541. The predicted molar refractivity (Wildman–Crippen MR) is 50.2 cm³/mol. The number of aryl methyl sites for hydroxylation is 1. The molecule has 0 spiro atoms. The van der Waals surface area contributed by atoms with Crippen LogP contribution in [-0.4, -0.2) is 14.6 Å². The number of aromatic amines is 1. The molecule has 66 valence electrons. The Morgan fingerprint density at radius 2 is 2.00 bits per heavy atom. The largest absolute Gasteiger partial charge is 0.356 e. The van der Waals surface area contributed by atoms with Crippen LogP contribution in [-0.2, 0) is 0 Å². The van der Waals surface area contributed by atoms with E-state index >= 15 is 0 Å². The van der Waals surface area contributed by atoms with Gasteiger partial charge in [-0.25, -0.2) is 0 Å². The minimum Gasteiger partial charge on any atom is -0.356 e. The fourth-order valence-corrected chi connectivity index (χ4v) is 1.09. The van der Waals surface area contributed by atoms with Crippen molar-refractivity contribution in [1.82, 2.24) is 4.98 Å². The molecule has 0 aliphatic heterocycles. The number of halogens is 3. The fourth-order valence-electron chi connectivity index (χ4n) is 0.789. The van der Waals surface area contributed by atoms with Crippen molar-refractivity contribution in [2.75, 3.05) is 0 Å². The number of carbonyl (C=O) groups is 1. The monoisotopic (exact) mass is 225 g/mol. The molecule has 0 atom stereocenters. The standard InChI is InChI=1S/C7H6Cl3NO/c1-4-2-3-5(11-4)6(12)7(8,9)10/h2-3,11H,1H3. The van der Waals surface area contributed by atoms with Gasteiger partial charge in [0.25, 0.3) is 3.79 Å². The zero-order chi connectivity index (χ0) is 9.35. The summed E-state index contributed by atoms with van der Waals surface area (Å²) in [7, 11) is 0. The first-order valence-corrected chi connectivity index (χ1v) is 4.32. The Kier molecular flexibility index (Phi) is 2.71. The highest BCUT2D eigenvalue weighted by Gasteiger charge is 2.32. The van der Waals surface area contributed by atoms with Gasteiger partial charge in [-0.3, -0.25) is 4.79 Å². The van der Waals surface area contributed by atoms with Crippen LogP contribution in [0.2, 0.25) is 0 Å². The van der Waals surface area contributed by atoms with Gasteiger partial charge in [0.15, 0.2) is 0 Å². The van der Waals surface area contributed by atoms with Crippen molar-refractivity contribution in [2.24, 2.45) is 0 Å². The van der Waals surface area contributed by atoms with E-state index in [1.54, 1.807) is 12.1 Å². The van der Waals surface area contributed by atoms with Crippen LogP contribution in [0.4, 0.5) is 0 Å². The smallest absolute Gasteiger partial charge is 0.254 e. The molecule has 0 aliphatic rings. The number of nitrogens with one attached hydrogen (secondary N) is 1. The van der Waals surface area contributed by atoms with Crippen LogP contribution in [0.15, 0.2) is 12.1 Å².